The Morgan fingerprint density at radius 1 is 1.38 bits per heavy atom. The van der Waals surface area contributed by atoms with Gasteiger partial charge in [-0.1, -0.05) is 30.7 Å². The third-order valence-corrected chi connectivity index (χ3v) is 3.37. The minimum Gasteiger partial charge on any atom is -0.375 e. The highest BCUT2D eigenvalue weighted by atomic mass is 16.5. The average Bonchev–Trinajstić information content (AvgIpc) is 2.82. The van der Waals surface area contributed by atoms with Gasteiger partial charge in [0.1, 0.15) is 12.3 Å². The molecule has 2 N–H and O–H groups in total. The molecule has 0 unspecified atom stereocenters. The maximum Gasteiger partial charge on any atom is 0.250 e. The number of benzene rings is 1. The maximum atomic E-state index is 11.8. The molecule has 0 bridgehead atoms. The Morgan fingerprint density at radius 3 is 2.76 bits per heavy atom. The van der Waals surface area contributed by atoms with Crippen LogP contribution in [0.4, 0.5) is 5.69 Å². The first-order valence-corrected chi connectivity index (χ1v) is 7.00. The molecule has 5 heteroatoms. The van der Waals surface area contributed by atoms with E-state index in [0.29, 0.717) is 0 Å². The van der Waals surface area contributed by atoms with E-state index in [-0.39, 0.29) is 12.5 Å². The number of nitrogens with one attached hydrogen (secondary N) is 2. The second-order valence-electron chi connectivity index (χ2n) is 5.08. The van der Waals surface area contributed by atoms with Crippen molar-refractivity contribution >= 4 is 11.6 Å². The van der Waals surface area contributed by atoms with E-state index in [2.05, 4.69) is 28.5 Å². The summed E-state index contributed by atoms with van der Waals surface area (Å²) in [5.74, 6) is -0.181. The summed E-state index contributed by atoms with van der Waals surface area (Å²) in [6, 6.07) is 6.19. The van der Waals surface area contributed by atoms with E-state index in [1.54, 1.807) is 0 Å². The Labute approximate surface area is 124 Å². The molecular formula is C16H21N3O2. The molecule has 0 aliphatic carbocycles. The van der Waals surface area contributed by atoms with Crippen LogP contribution >= 0.6 is 0 Å². The normalized spacial score (nSPS) is 10.7. The van der Waals surface area contributed by atoms with E-state index < -0.39 is 0 Å². The minimum absolute atomic E-state index is 0.0284. The van der Waals surface area contributed by atoms with Gasteiger partial charge in [0.15, 0.2) is 0 Å². The Morgan fingerprint density at radius 2 is 2.14 bits per heavy atom. The third kappa shape index (κ3) is 3.31. The number of aromatic amines is 1. The van der Waals surface area contributed by atoms with Gasteiger partial charge < -0.3 is 10.1 Å². The molecule has 112 valence electrons. The second-order valence-corrected chi connectivity index (χ2v) is 5.08. The first kappa shape index (κ1) is 15.3. The van der Waals surface area contributed by atoms with Crippen LogP contribution in [0.5, 0.6) is 0 Å². The van der Waals surface area contributed by atoms with Crippen LogP contribution in [-0.4, -0.2) is 29.8 Å². The quantitative estimate of drug-likeness (QED) is 0.888. The van der Waals surface area contributed by atoms with E-state index in [0.717, 1.165) is 34.6 Å². The average molecular weight is 287 g/mol. The molecule has 5 nitrogen and oxygen atoms in total. The number of aromatic nitrogens is 2. The molecule has 0 atom stereocenters. The van der Waals surface area contributed by atoms with Gasteiger partial charge in [-0.15, -0.1) is 0 Å². The van der Waals surface area contributed by atoms with E-state index in [1.165, 1.54) is 12.7 Å². The number of hydrogen-bond acceptors (Lipinski definition) is 3. The van der Waals surface area contributed by atoms with Crippen LogP contribution in [0, 0.1) is 13.8 Å². The second kappa shape index (κ2) is 6.54. The van der Waals surface area contributed by atoms with Gasteiger partial charge in [-0.05, 0) is 25.8 Å². The molecule has 2 aromatic rings. The fourth-order valence-corrected chi connectivity index (χ4v) is 2.35. The summed E-state index contributed by atoms with van der Waals surface area (Å²) in [6.07, 6.45) is 0.764. The molecule has 1 heterocycles. The van der Waals surface area contributed by atoms with E-state index in [1.807, 2.05) is 26.0 Å². The van der Waals surface area contributed by atoms with Gasteiger partial charge in [0, 0.05) is 12.7 Å². The van der Waals surface area contributed by atoms with Crippen molar-refractivity contribution < 1.29 is 9.53 Å². The maximum absolute atomic E-state index is 11.8. The standard InChI is InChI=1S/C16H21N3O2/c1-5-13-16(17-14(20)9-21-4)15(19-18-13)12-7-6-10(2)8-11(12)3/h6-8H,5,9H2,1-4H3,(H,17,20)(H,18,19). The number of anilines is 1. The summed E-state index contributed by atoms with van der Waals surface area (Å²) in [5.41, 5.74) is 5.78. The van der Waals surface area contributed by atoms with Crippen molar-refractivity contribution in [3.8, 4) is 11.3 Å². The zero-order chi connectivity index (χ0) is 15.4. The van der Waals surface area contributed by atoms with Crippen molar-refractivity contribution in [1.82, 2.24) is 10.2 Å². The lowest BCUT2D eigenvalue weighted by Crippen LogP contribution is -2.18. The van der Waals surface area contributed by atoms with Crippen LogP contribution < -0.4 is 5.32 Å². The molecule has 0 aliphatic rings. The highest BCUT2D eigenvalue weighted by Gasteiger charge is 2.17. The predicted molar refractivity (Wildman–Crippen MR) is 83.4 cm³/mol. The largest absolute Gasteiger partial charge is 0.375 e. The Kier molecular flexibility index (Phi) is 4.75. The summed E-state index contributed by atoms with van der Waals surface area (Å²) in [4.78, 5) is 11.8. The first-order chi connectivity index (χ1) is 10.1. The van der Waals surface area contributed by atoms with Gasteiger partial charge in [0.25, 0.3) is 0 Å². The van der Waals surface area contributed by atoms with E-state index in [4.69, 9.17) is 4.74 Å². The summed E-state index contributed by atoms with van der Waals surface area (Å²) in [6.45, 7) is 6.15. The predicted octanol–water partition coefficient (Wildman–Crippen LogP) is 2.84. The zero-order valence-electron chi connectivity index (χ0n) is 12.9. The molecule has 1 amide bonds. The monoisotopic (exact) mass is 287 g/mol. The molecule has 21 heavy (non-hydrogen) atoms. The van der Waals surface area contributed by atoms with E-state index >= 15 is 0 Å². The van der Waals surface area contributed by atoms with Gasteiger partial charge in [-0.25, -0.2) is 0 Å². The lowest BCUT2D eigenvalue weighted by atomic mass is 10.0. The fourth-order valence-electron chi connectivity index (χ4n) is 2.35. The number of amides is 1. The molecule has 0 radical (unpaired) electrons. The van der Waals surface area contributed by atoms with Crippen molar-refractivity contribution in [2.75, 3.05) is 19.0 Å². The number of methoxy groups -OCH3 is 1. The molecule has 0 spiro atoms. The van der Waals surface area contributed by atoms with Crippen molar-refractivity contribution in [1.29, 1.82) is 0 Å². The van der Waals surface area contributed by atoms with Gasteiger partial charge >= 0.3 is 0 Å². The van der Waals surface area contributed by atoms with Gasteiger partial charge in [0.05, 0.1) is 11.4 Å². The number of ether oxygens (including phenoxy) is 1. The molecule has 1 aromatic carbocycles. The Balaban J connectivity index is 2.44. The SMILES string of the molecule is CCc1[nH]nc(-c2ccc(C)cc2C)c1NC(=O)COC. The van der Waals surface area contributed by atoms with Gasteiger partial charge in [-0.2, -0.15) is 5.10 Å². The summed E-state index contributed by atoms with van der Waals surface area (Å²) in [5, 5.41) is 10.3. The lowest BCUT2D eigenvalue weighted by molar-refractivity contribution is -0.119. The van der Waals surface area contributed by atoms with Gasteiger partial charge in [-0.3, -0.25) is 9.89 Å². The minimum atomic E-state index is -0.181. The summed E-state index contributed by atoms with van der Waals surface area (Å²) in [7, 11) is 1.50. The molecule has 0 aliphatic heterocycles. The van der Waals surface area contributed by atoms with E-state index in [9.17, 15) is 4.79 Å². The number of rotatable bonds is 5. The zero-order valence-corrected chi connectivity index (χ0v) is 12.9. The van der Waals surface area contributed by atoms with Crippen molar-refractivity contribution in [3.63, 3.8) is 0 Å². The Bertz CT molecular complexity index is 647. The van der Waals surface area contributed by atoms with Crippen molar-refractivity contribution in [2.45, 2.75) is 27.2 Å². The highest BCUT2D eigenvalue weighted by molar-refractivity contribution is 5.96. The number of hydrogen-bond donors (Lipinski definition) is 2. The lowest BCUT2D eigenvalue weighted by Gasteiger charge is -2.09. The number of aryl methyl sites for hydroxylation is 3. The van der Waals surface area contributed by atoms with Crippen molar-refractivity contribution in [3.05, 3.63) is 35.0 Å². The smallest absolute Gasteiger partial charge is 0.250 e. The molecular weight excluding hydrogens is 266 g/mol. The molecule has 2 rings (SSSR count). The van der Waals surface area contributed by atoms with Crippen LogP contribution in [-0.2, 0) is 16.0 Å². The van der Waals surface area contributed by atoms with Gasteiger partial charge in [0.2, 0.25) is 5.91 Å². The summed E-state index contributed by atoms with van der Waals surface area (Å²) < 4.78 is 4.87. The number of H-pyrrole nitrogens is 1. The van der Waals surface area contributed by atoms with Crippen LogP contribution in [0.15, 0.2) is 18.2 Å². The van der Waals surface area contributed by atoms with Crippen molar-refractivity contribution in [2.24, 2.45) is 0 Å². The molecule has 0 saturated carbocycles. The number of nitrogens with zero attached hydrogens (tertiary/aromatic N) is 1. The molecule has 0 fully saturated rings. The fraction of sp³-hybridized carbons (Fsp3) is 0.375. The van der Waals surface area contributed by atoms with Crippen LogP contribution in [0.1, 0.15) is 23.7 Å². The Hall–Kier alpha value is -2.14. The molecule has 1 aromatic heterocycles. The molecule has 0 saturated heterocycles. The van der Waals surface area contributed by atoms with Crippen LogP contribution in [0.2, 0.25) is 0 Å². The summed E-state index contributed by atoms with van der Waals surface area (Å²) >= 11 is 0. The number of carbonyl (C=O) groups excluding carboxylic acids is 1. The first-order valence-electron chi connectivity index (χ1n) is 7.00. The third-order valence-electron chi connectivity index (χ3n) is 3.37. The van der Waals surface area contributed by atoms with Crippen LogP contribution in [0.3, 0.4) is 0 Å². The number of carbonyl (C=O) groups is 1. The topological polar surface area (TPSA) is 67.0 Å². The highest BCUT2D eigenvalue weighted by Crippen LogP contribution is 2.31. The van der Waals surface area contributed by atoms with Crippen LogP contribution in [0.25, 0.3) is 11.3 Å².